The van der Waals surface area contributed by atoms with Gasteiger partial charge >= 0.3 is 0 Å². The van der Waals surface area contributed by atoms with Gasteiger partial charge in [-0.15, -0.1) is 0 Å². The molecule has 100 valence electrons. The van der Waals surface area contributed by atoms with Crippen molar-refractivity contribution in [1.29, 1.82) is 0 Å². The first-order valence-electron chi connectivity index (χ1n) is 5.74. The quantitative estimate of drug-likeness (QED) is 0.934. The lowest BCUT2D eigenvalue weighted by Gasteiger charge is -2.17. The summed E-state index contributed by atoms with van der Waals surface area (Å²) in [6.07, 6.45) is 3.40. The lowest BCUT2D eigenvalue weighted by atomic mass is 10.00. The highest BCUT2D eigenvalue weighted by Crippen LogP contribution is 2.36. The van der Waals surface area contributed by atoms with Crippen LogP contribution in [0.25, 0.3) is 0 Å². The first-order valence-corrected chi connectivity index (χ1v) is 6.12. The summed E-state index contributed by atoms with van der Waals surface area (Å²) in [5, 5.41) is 0.543. The van der Waals surface area contributed by atoms with Crippen molar-refractivity contribution in [2.75, 3.05) is 14.2 Å². The Labute approximate surface area is 117 Å². The summed E-state index contributed by atoms with van der Waals surface area (Å²) in [7, 11) is 3.14. The molecular weight excluding hydrogens is 264 g/mol. The van der Waals surface area contributed by atoms with E-state index in [-0.39, 0.29) is 6.04 Å². The van der Waals surface area contributed by atoms with Crippen molar-refractivity contribution in [2.45, 2.75) is 6.04 Å². The summed E-state index contributed by atoms with van der Waals surface area (Å²) >= 11 is 6.25. The van der Waals surface area contributed by atoms with E-state index in [9.17, 15) is 0 Å². The number of hydrogen-bond donors (Lipinski definition) is 1. The highest BCUT2D eigenvalue weighted by atomic mass is 35.5. The van der Waals surface area contributed by atoms with Crippen LogP contribution < -0.4 is 15.2 Å². The maximum atomic E-state index is 6.25. The smallest absolute Gasteiger partial charge is 0.162 e. The Hall–Kier alpha value is -1.78. The van der Waals surface area contributed by atoms with E-state index in [1.165, 1.54) is 0 Å². The highest BCUT2D eigenvalue weighted by molar-refractivity contribution is 6.31. The molecule has 0 saturated carbocycles. The van der Waals surface area contributed by atoms with Crippen LogP contribution in [0, 0.1) is 0 Å². The van der Waals surface area contributed by atoms with Crippen LogP contribution in [-0.2, 0) is 0 Å². The minimum Gasteiger partial charge on any atom is -0.493 e. The lowest BCUT2D eigenvalue weighted by Crippen LogP contribution is -2.12. The molecule has 0 aliphatic rings. The van der Waals surface area contributed by atoms with Gasteiger partial charge in [-0.1, -0.05) is 11.6 Å². The third-order valence-electron chi connectivity index (χ3n) is 2.90. The Morgan fingerprint density at radius 1 is 1.11 bits per heavy atom. The molecule has 0 amide bonds. The molecule has 5 heteroatoms. The van der Waals surface area contributed by atoms with Crippen LogP contribution in [-0.4, -0.2) is 19.2 Å². The van der Waals surface area contributed by atoms with Crippen molar-refractivity contribution in [3.63, 3.8) is 0 Å². The number of halogens is 1. The maximum Gasteiger partial charge on any atom is 0.162 e. The zero-order valence-corrected chi connectivity index (χ0v) is 11.5. The second-order valence-electron chi connectivity index (χ2n) is 3.99. The summed E-state index contributed by atoms with van der Waals surface area (Å²) in [6, 6.07) is 6.88. The largest absolute Gasteiger partial charge is 0.493 e. The third-order valence-corrected chi connectivity index (χ3v) is 3.23. The predicted octanol–water partition coefficient (Wildman–Crippen LogP) is 2.80. The summed E-state index contributed by atoms with van der Waals surface area (Å²) in [5.41, 5.74) is 7.94. The van der Waals surface area contributed by atoms with E-state index in [0.717, 1.165) is 11.1 Å². The minimum atomic E-state index is -0.338. The Balaban J connectivity index is 2.45. The van der Waals surface area contributed by atoms with Gasteiger partial charge in [0.15, 0.2) is 11.5 Å². The monoisotopic (exact) mass is 278 g/mol. The van der Waals surface area contributed by atoms with E-state index < -0.39 is 0 Å². The van der Waals surface area contributed by atoms with Crippen molar-refractivity contribution in [3.8, 4) is 11.5 Å². The van der Waals surface area contributed by atoms with Crippen LogP contribution >= 0.6 is 11.6 Å². The SMILES string of the molecule is COc1cc(Cl)c(C(N)c2ccncc2)cc1OC. The summed E-state index contributed by atoms with van der Waals surface area (Å²) < 4.78 is 10.5. The van der Waals surface area contributed by atoms with Gasteiger partial charge in [0, 0.05) is 23.5 Å². The zero-order chi connectivity index (χ0) is 13.8. The Bertz CT molecular complexity index is 561. The van der Waals surface area contributed by atoms with Crippen LogP contribution in [0.5, 0.6) is 11.5 Å². The summed E-state index contributed by atoms with van der Waals surface area (Å²) in [6.45, 7) is 0. The van der Waals surface area contributed by atoms with E-state index >= 15 is 0 Å². The average molecular weight is 279 g/mol. The Morgan fingerprint density at radius 3 is 2.26 bits per heavy atom. The van der Waals surface area contributed by atoms with E-state index in [2.05, 4.69) is 4.98 Å². The molecule has 4 nitrogen and oxygen atoms in total. The average Bonchev–Trinajstić information content (AvgIpc) is 2.47. The maximum absolute atomic E-state index is 6.25. The first kappa shape index (κ1) is 13.6. The van der Waals surface area contributed by atoms with Crippen molar-refractivity contribution in [2.24, 2.45) is 5.73 Å². The van der Waals surface area contributed by atoms with Gasteiger partial charge in [-0.05, 0) is 29.3 Å². The zero-order valence-electron chi connectivity index (χ0n) is 10.8. The molecule has 2 N–H and O–H groups in total. The number of nitrogens with two attached hydrogens (primary N) is 1. The molecule has 0 aliphatic carbocycles. The van der Waals surface area contributed by atoms with E-state index in [0.29, 0.717) is 16.5 Å². The molecular formula is C14H15ClN2O2. The standard InChI is InChI=1S/C14H15ClN2O2/c1-18-12-7-10(11(15)8-13(12)19-2)14(16)9-3-5-17-6-4-9/h3-8,14H,16H2,1-2H3. The molecule has 0 fully saturated rings. The molecule has 2 rings (SSSR count). The van der Waals surface area contributed by atoms with Crippen LogP contribution in [0.3, 0.4) is 0 Å². The summed E-state index contributed by atoms with van der Waals surface area (Å²) in [5.74, 6) is 1.18. The number of pyridine rings is 1. The first-order chi connectivity index (χ1) is 9.17. The number of rotatable bonds is 4. The van der Waals surface area contributed by atoms with Crippen molar-refractivity contribution >= 4 is 11.6 Å². The molecule has 0 spiro atoms. The number of benzene rings is 1. The fourth-order valence-corrected chi connectivity index (χ4v) is 2.13. The van der Waals surface area contributed by atoms with Crippen LogP contribution in [0.4, 0.5) is 0 Å². The Kier molecular flexibility index (Phi) is 4.24. The molecule has 0 radical (unpaired) electrons. The highest BCUT2D eigenvalue weighted by Gasteiger charge is 2.16. The molecule has 19 heavy (non-hydrogen) atoms. The van der Waals surface area contributed by atoms with Gasteiger partial charge in [-0.3, -0.25) is 4.98 Å². The Morgan fingerprint density at radius 2 is 1.68 bits per heavy atom. The number of methoxy groups -OCH3 is 2. The molecule has 1 atom stereocenters. The van der Waals surface area contributed by atoms with E-state index in [4.69, 9.17) is 26.8 Å². The molecule has 0 aliphatic heterocycles. The molecule has 1 aromatic heterocycles. The molecule has 1 unspecified atom stereocenters. The van der Waals surface area contributed by atoms with Gasteiger partial charge in [0.25, 0.3) is 0 Å². The van der Waals surface area contributed by atoms with Gasteiger partial charge in [0.1, 0.15) is 0 Å². The molecule has 1 aromatic carbocycles. The normalized spacial score (nSPS) is 12.0. The van der Waals surface area contributed by atoms with E-state index in [1.807, 2.05) is 12.1 Å². The second-order valence-corrected chi connectivity index (χ2v) is 4.39. The summed E-state index contributed by atoms with van der Waals surface area (Å²) in [4.78, 5) is 3.97. The fraction of sp³-hybridized carbons (Fsp3) is 0.214. The molecule has 0 bridgehead atoms. The van der Waals surface area contributed by atoms with Crippen LogP contribution in [0.15, 0.2) is 36.7 Å². The topological polar surface area (TPSA) is 57.4 Å². The van der Waals surface area contributed by atoms with Gasteiger partial charge < -0.3 is 15.2 Å². The van der Waals surface area contributed by atoms with Gasteiger partial charge in [0.2, 0.25) is 0 Å². The number of nitrogens with zero attached hydrogens (tertiary/aromatic N) is 1. The fourth-order valence-electron chi connectivity index (χ4n) is 1.86. The molecule has 0 saturated heterocycles. The van der Waals surface area contributed by atoms with Crippen LogP contribution in [0.1, 0.15) is 17.2 Å². The van der Waals surface area contributed by atoms with Gasteiger partial charge in [-0.25, -0.2) is 0 Å². The molecule has 1 heterocycles. The number of hydrogen-bond acceptors (Lipinski definition) is 4. The predicted molar refractivity (Wildman–Crippen MR) is 74.8 cm³/mol. The van der Waals surface area contributed by atoms with E-state index in [1.54, 1.807) is 38.7 Å². The van der Waals surface area contributed by atoms with Crippen molar-refractivity contribution < 1.29 is 9.47 Å². The third kappa shape index (κ3) is 2.80. The van der Waals surface area contributed by atoms with Crippen LogP contribution in [0.2, 0.25) is 5.02 Å². The minimum absolute atomic E-state index is 0.338. The number of aromatic nitrogens is 1. The van der Waals surface area contributed by atoms with Gasteiger partial charge in [-0.2, -0.15) is 0 Å². The van der Waals surface area contributed by atoms with Crippen molar-refractivity contribution in [3.05, 3.63) is 52.8 Å². The van der Waals surface area contributed by atoms with Gasteiger partial charge in [0.05, 0.1) is 20.3 Å². The second kappa shape index (κ2) is 5.91. The van der Waals surface area contributed by atoms with Crippen molar-refractivity contribution in [1.82, 2.24) is 4.98 Å². The molecule has 2 aromatic rings. The lowest BCUT2D eigenvalue weighted by molar-refractivity contribution is 0.354. The number of ether oxygens (including phenoxy) is 2.